The molecule has 1 aromatic heterocycles. The minimum atomic E-state index is -0.578. The highest BCUT2D eigenvalue weighted by Gasteiger charge is 2.32. The van der Waals surface area contributed by atoms with Gasteiger partial charge in [0, 0.05) is 50.0 Å². The number of para-hydroxylation sites is 1. The van der Waals surface area contributed by atoms with Crippen molar-refractivity contribution in [3.63, 3.8) is 0 Å². The fraction of sp³-hybridized carbons (Fsp3) is 0.375. The molecule has 2 atom stereocenters. The Morgan fingerprint density at radius 1 is 0.903 bits per heavy atom. The van der Waals surface area contributed by atoms with Crippen LogP contribution in [-0.4, -0.2) is 46.9 Å². The predicted molar refractivity (Wildman–Crippen MR) is 119 cm³/mol. The van der Waals surface area contributed by atoms with Crippen molar-refractivity contribution in [3.05, 3.63) is 71.4 Å². The number of hydrogen-bond donors (Lipinski definition) is 0. The highest BCUT2D eigenvalue weighted by atomic mass is 35.5. The van der Waals surface area contributed by atoms with Gasteiger partial charge in [-0.3, -0.25) is 9.58 Å². The van der Waals surface area contributed by atoms with Gasteiger partial charge >= 0.3 is 0 Å². The zero-order valence-electron chi connectivity index (χ0n) is 17.2. The largest absolute Gasteiger partial charge is 0.368 e. The molecule has 2 fully saturated rings. The number of rotatable bonds is 4. The molecule has 1 saturated heterocycles. The molecule has 2 aliphatic rings. The smallest absolute Gasteiger partial charge is 0.135 e. The third kappa shape index (κ3) is 4.19. The van der Waals surface area contributed by atoms with E-state index in [0.717, 1.165) is 62.2 Å². The van der Waals surface area contributed by atoms with Crippen molar-refractivity contribution >= 4 is 17.3 Å². The van der Waals surface area contributed by atoms with Gasteiger partial charge in [0.15, 0.2) is 0 Å². The van der Waals surface area contributed by atoms with Crippen LogP contribution in [-0.2, 0) is 0 Å². The van der Waals surface area contributed by atoms with Crippen molar-refractivity contribution in [2.75, 3.05) is 31.1 Å². The fourth-order valence-corrected chi connectivity index (χ4v) is 5.18. The Balaban J connectivity index is 1.20. The second-order valence-electron chi connectivity index (χ2n) is 8.40. The van der Waals surface area contributed by atoms with Crippen molar-refractivity contribution in [3.8, 4) is 11.3 Å². The van der Waals surface area contributed by atoms with E-state index in [-0.39, 0.29) is 0 Å². The lowest BCUT2D eigenvalue weighted by atomic mass is 10.1. The standard InChI is InChI=1S/C24H25ClF2N4/c25-21-3-1-2-4-24(21)30-13-11-29(12-14-30)18-6-7-19(16-18)31-10-9-23(28-31)20-8-5-17(26)15-22(20)27/h1-5,8-10,15,18-19H,6-7,11-14,16H2/t18-,19-/m0/s1. The molecule has 0 unspecified atom stereocenters. The van der Waals surface area contributed by atoms with Crippen LogP contribution >= 0.6 is 11.6 Å². The third-order valence-corrected chi connectivity index (χ3v) is 6.91. The summed E-state index contributed by atoms with van der Waals surface area (Å²) in [6.45, 7) is 3.99. The average Bonchev–Trinajstić information content (AvgIpc) is 3.44. The van der Waals surface area contributed by atoms with E-state index in [1.807, 2.05) is 35.1 Å². The number of hydrogen-bond acceptors (Lipinski definition) is 3. The lowest BCUT2D eigenvalue weighted by Crippen LogP contribution is -2.49. The molecule has 0 amide bonds. The number of nitrogens with zero attached hydrogens (tertiary/aromatic N) is 4. The average molecular weight is 443 g/mol. The summed E-state index contributed by atoms with van der Waals surface area (Å²) in [7, 11) is 0. The molecule has 3 aromatic rings. The molecule has 0 spiro atoms. The summed E-state index contributed by atoms with van der Waals surface area (Å²) in [5, 5.41) is 5.42. The van der Waals surface area contributed by atoms with E-state index < -0.39 is 11.6 Å². The maximum Gasteiger partial charge on any atom is 0.135 e. The Morgan fingerprint density at radius 2 is 1.68 bits per heavy atom. The molecule has 0 bridgehead atoms. The van der Waals surface area contributed by atoms with Crippen molar-refractivity contribution in [1.82, 2.24) is 14.7 Å². The second-order valence-corrected chi connectivity index (χ2v) is 8.81. The van der Waals surface area contributed by atoms with Gasteiger partial charge in [-0.1, -0.05) is 23.7 Å². The first-order valence-electron chi connectivity index (χ1n) is 10.8. The van der Waals surface area contributed by atoms with Crippen LogP contribution in [0, 0.1) is 11.6 Å². The molecule has 31 heavy (non-hydrogen) atoms. The van der Waals surface area contributed by atoms with Crippen LogP contribution in [0.3, 0.4) is 0 Å². The summed E-state index contributed by atoms with van der Waals surface area (Å²) in [4.78, 5) is 4.94. The molecule has 4 nitrogen and oxygen atoms in total. The van der Waals surface area contributed by atoms with Gasteiger partial charge in [-0.15, -0.1) is 0 Å². The van der Waals surface area contributed by atoms with E-state index in [4.69, 9.17) is 11.6 Å². The topological polar surface area (TPSA) is 24.3 Å². The van der Waals surface area contributed by atoms with E-state index in [1.54, 1.807) is 0 Å². The van der Waals surface area contributed by atoms with E-state index in [1.165, 1.54) is 12.1 Å². The molecular weight excluding hydrogens is 418 g/mol. The maximum absolute atomic E-state index is 14.1. The SMILES string of the molecule is Fc1ccc(-c2ccn([C@H]3CC[C@H](N4CCN(c5ccccc5Cl)CC4)C3)n2)c(F)c1. The monoisotopic (exact) mass is 442 g/mol. The van der Waals surface area contributed by atoms with Gasteiger partial charge in [0.05, 0.1) is 22.4 Å². The Kier molecular flexibility index (Phi) is 5.67. The molecule has 162 valence electrons. The molecule has 2 heterocycles. The molecule has 1 saturated carbocycles. The van der Waals surface area contributed by atoms with Crippen LogP contribution in [0.25, 0.3) is 11.3 Å². The van der Waals surface area contributed by atoms with Gasteiger partial charge in [-0.05, 0) is 49.6 Å². The van der Waals surface area contributed by atoms with Gasteiger partial charge < -0.3 is 4.90 Å². The number of anilines is 1. The van der Waals surface area contributed by atoms with Crippen LogP contribution in [0.15, 0.2) is 54.7 Å². The Morgan fingerprint density at radius 3 is 2.45 bits per heavy atom. The first kappa shape index (κ1) is 20.5. The molecule has 5 rings (SSSR count). The minimum absolute atomic E-state index is 0.309. The maximum atomic E-state index is 14.1. The summed E-state index contributed by atoms with van der Waals surface area (Å²) >= 11 is 6.36. The number of piperazine rings is 1. The molecular formula is C24H25ClF2N4. The molecule has 0 radical (unpaired) electrons. The minimum Gasteiger partial charge on any atom is -0.368 e. The molecule has 2 aromatic carbocycles. The van der Waals surface area contributed by atoms with Gasteiger partial charge in [-0.2, -0.15) is 5.10 Å². The summed E-state index contributed by atoms with van der Waals surface area (Å²) in [6, 6.07) is 14.3. The first-order chi connectivity index (χ1) is 15.1. The van der Waals surface area contributed by atoms with Crippen LogP contribution in [0.2, 0.25) is 5.02 Å². The van der Waals surface area contributed by atoms with Crippen LogP contribution in [0.4, 0.5) is 14.5 Å². The molecule has 0 N–H and O–H groups in total. The van der Waals surface area contributed by atoms with Crippen molar-refractivity contribution in [2.45, 2.75) is 31.3 Å². The number of benzene rings is 2. The van der Waals surface area contributed by atoms with Crippen LogP contribution in [0.1, 0.15) is 25.3 Å². The molecule has 1 aliphatic carbocycles. The van der Waals surface area contributed by atoms with Crippen molar-refractivity contribution in [2.24, 2.45) is 0 Å². The molecule has 7 heteroatoms. The van der Waals surface area contributed by atoms with Crippen LogP contribution < -0.4 is 4.90 Å². The molecule has 1 aliphatic heterocycles. The van der Waals surface area contributed by atoms with E-state index in [2.05, 4.69) is 21.0 Å². The van der Waals surface area contributed by atoms with E-state index in [0.29, 0.717) is 23.3 Å². The number of aromatic nitrogens is 2. The number of halogens is 3. The summed E-state index contributed by atoms with van der Waals surface area (Å²) in [5.74, 6) is -1.15. The normalized spacial score (nSPS) is 22.2. The lowest BCUT2D eigenvalue weighted by molar-refractivity contribution is 0.183. The van der Waals surface area contributed by atoms with Crippen LogP contribution in [0.5, 0.6) is 0 Å². The Bertz CT molecular complexity index is 1060. The lowest BCUT2D eigenvalue weighted by Gasteiger charge is -2.39. The summed E-state index contributed by atoms with van der Waals surface area (Å²) in [5.41, 5.74) is 2.00. The predicted octanol–water partition coefficient (Wildman–Crippen LogP) is 5.40. The summed E-state index contributed by atoms with van der Waals surface area (Å²) < 4.78 is 29.2. The zero-order valence-corrected chi connectivity index (χ0v) is 18.0. The van der Waals surface area contributed by atoms with E-state index >= 15 is 0 Å². The van der Waals surface area contributed by atoms with Gasteiger partial charge in [0.2, 0.25) is 0 Å². The Labute approximate surface area is 186 Å². The van der Waals surface area contributed by atoms with E-state index in [9.17, 15) is 8.78 Å². The zero-order chi connectivity index (χ0) is 21.4. The Hall–Kier alpha value is -2.44. The van der Waals surface area contributed by atoms with Crippen molar-refractivity contribution in [1.29, 1.82) is 0 Å². The fourth-order valence-electron chi connectivity index (χ4n) is 4.92. The van der Waals surface area contributed by atoms with Gasteiger partial charge in [0.1, 0.15) is 11.6 Å². The second kappa shape index (κ2) is 8.60. The third-order valence-electron chi connectivity index (χ3n) is 6.59. The highest BCUT2D eigenvalue weighted by molar-refractivity contribution is 6.33. The van der Waals surface area contributed by atoms with Gasteiger partial charge in [-0.25, -0.2) is 8.78 Å². The summed E-state index contributed by atoms with van der Waals surface area (Å²) in [6.07, 6.45) is 5.15. The quantitative estimate of drug-likeness (QED) is 0.541. The first-order valence-corrected chi connectivity index (χ1v) is 11.2. The van der Waals surface area contributed by atoms with Gasteiger partial charge in [0.25, 0.3) is 0 Å². The van der Waals surface area contributed by atoms with Crippen molar-refractivity contribution < 1.29 is 8.78 Å². The highest BCUT2D eigenvalue weighted by Crippen LogP contribution is 2.35.